The summed E-state index contributed by atoms with van der Waals surface area (Å²) >= 11 is 0. The van der Waals surface area contributed by atoms with Crippen LogP contribution >= 0.6 is 0 Å². The van der Waals surface area contributed by atoms with Crippen LogP contribution < -0.4 is 5.32 Å². The molecule has 0 unspecified atom stereocenters. The summed E-state index contributed by atoms with van der Waals surface area (Å²) in [7, 11) is 0. The van der Waals surface area contributed by atoms with Crippen molar-refractivity contribution >= 4 is 12.1 Å². The van der Waals surface area contributed by atoms with Crippen LogP contribution in [-0.4, -0.2) is 54.3 Å². The first kappa shape index (κ1) is 27.5. The van der Waals surface area contributed by atoms with Crippen molar-refractivity contribution in [3.63, 3.8) is 0 Å². The number of alkyl carbamates (subject to hydrolysis) is 1. The lowest BCUT2D eigenvalue weighted by Gasteiger charge is -2.09. The summed E-state index contributed by atoms with van der Waals surface area (Å²) in [5.74, 6) is -0.285. The van der Waals surface area contributed by atoms with Gasteiger partial charge >= 0.3 is 12.1 Å². The van der Waals surface area contributed by atoms with Gasteiger partial charge in [-0.25, -0.2) is 9.59 Å². The van der Waals surface area contributed by atoms with Crippen LogP contribution in [0.1, 0.15) is 98.8 Å². The SMILES string of the molecule is C=C(C)C(=O)OCCCCCCCCCCCCNC(=O)OCCN1C(C)(C)C1(C)C. The van der Waals surface area contributed by atoms with Crippen molar-refractivity contribution in [1.29, 1.82) is 0 Å². The molecule has 1 aliphatic rings. The second kappa shape index (κ2) is 13.8. The van der Waals surface area contributed by atoms with Gasteiger partial charge in [-0.2, -0.15) is 0 Å². The Hall–Kier alpha value is -1.56. The van der Waals surface area contributed by atoms with Gasteiger partial charge in [-0.3, -0.25) is 4.90 Å². The lowest BCUT2D eigenvalue weighted by atomic mass is 10.0. The number of nitrogens with one attached hydrogen (secondary N) is 1. The largest absolute Gasteiger partial charge is 0.462 e. The van der Waals surface area contributed by atoms with E-state index in [-0.39, 0.29) is 23.1 Å². The van der Waals surface area contributed by atoms with Gasteiger partial charge in [0.15, 0.2) is 0 Å². The zero-order valence-electron chi connectivity index (χ0n) is 20.7. The summed E-state index contributed by atoms with van der Waals surface area (Å²) in [5, 5.41) is 2.85. The van der Waals surface area contributed by atoms with Gasteiger partial charge < -0.3 is 14.8 Å². The van der Waals surface area contributed by atoms with Crippen LogP contribution in [0, 0.1) is 0 Å². The Morgan fingerprint density at radius 1 is 0.774 bits per heavy atom. The molecule has 1 saturated heterocycles. The maximum Gasteiger partial charge on any atom is 0.407 e. The van der Waals surface area contributed by atoms with Crippen molar-refractivity contribution in [3.05, 3.63) is 12.2 Å². The van der Waals surface area contributed by atoms with E-state index in [9.17, 15) is 9.59 Å². The highest BCUT2D eigenvalue weighted by atomic mass is 16.5. The maximum atomic E-state index is 11.8. The molecule has 0 aromatic heterocycles. The molecule has 0 bridgehead atoms. The van der Waals surface area contributed by atoms with Gasteiger partial charge in [-0.05, 0) is 47.5 Å². The van der Waals surface area contributed by atoms with Crippen molar-refractivity contribution < 1.29 is 19.1 Å². The van der Waals surface area contributed by atoms with E-state index in [4.69, 9.17) is 9.47 Å². The summed E-state index contributed by atoms with van der Waals surface area (Å²) in [4.78, 5) is 25.3. The number of rotatable bonds is 17. The predicted octanol–water partition coefficient (Wildman–Crippen LogP) is 5.61. The molecule has 0 aromatic carbocycles. The van der Waals surface area contributed by atoms with E-state index in [1.807, 2.05) is 0 Å². The third kappa shape index (κ3) is 10.1. The second-order valence-corrected chi connectivity index (χ2v) is 9.78. The Morgan fingerprint density at radius 3 is 1.74 bits per heavy atom. The highest BCUT2D eigenvalue weighted by Gasteiger charge is 2.62. The Morgan fingerprint density at radius 2 is 1.26 bits per heavy atom. The third-order valence-electron chi connectivity index (χ3n) is 6.77. The number of nitrogens with zero attached hydrogens (tertiary/aromatic N) is 1. The average Bonchev–Trinajstić information content (AvgIpc) is 3.09. The third-order valence-corrected chi connectivity index (χ3v) is 6.77. The molecule has 0 radical (unpaired) electrons. The summed E-state index contributed by atoms with van der Waals surface area (Å²) < 4.78 is 10.4. The lowest BCUT2D eigenvalue weighted by molar-refractivity contribution is -0.139. The number of carbonyl (C=O) groups excluding carboxylic acids is 2. The van der Waals surface area contributed by atoms with Crippen LogP contribution in [0.25, 0.3) is 0 Å². The summed E-state index contributed by atoms with van der Waals surface area (Å²) in [6, 6.07) is 0. The summed E-state index contributed by atoms with van der Waals surface area (Å²) in [6.07, 6.45) is 11.3. The quantitative estimate of drug-likeness (QED) is 0.138. The minimum atomic E-state index is -0.299. The first-order valence-corrected chi connectivity index (χ1v) is 12.1. The number of hydrogen-bond donors (Lipinski definition) is 1. The second-order valence-electron chi connectivity index (χ2n) is 9.78. The van der Waals surface area contributed by atoms with E-state index in [1.54, 1.807) is 6.92 Å². The van der Waals surface area contributed by atoms with E-state index < -0.39 is 0 Å². The van der Waals surface area contributed by atoms with E-state index >= 15 is 0 Å². The molecule has 0 saturated carbocycles. The molecular formula is C25H46N2O4. The molecule has 6 heteroatoms. The molecule has 0 spiro atoms. The standard InChI is InChI=1S/C25H46N2O4/c1-21(2)22(28)30-19-16-14-12-10-8-7-9-11-13-15-17-26-23(29)31-20-18-27-24(3,4)25(27,5)6/h1,7-20H2,2-6H3,(H,26,29). The fourth-order valence-electron chi connectivity index (χ4n) is 3.98. The summed E-state index contributed by atoms with van der Waals surface area (Å²) in [6.45, 7) is 16.6. The molecule has 1 N–H and O–H groups in total. The van der Waals surface area contributed by atoms with Crippen LogP contribution in [0.4, 0.5) is 4.79 Å². The van der Waals surface area contributed by atoms with Gasteiger partial charge in [0, 0.05) is 29.7 Å². The van der Waals surface area contributed by atoms with E-state index in [2.05, 4.69) is 44.5 Å². The summed E-state index contributed by atoms with van der Waals surface area (Å²) in [5.41, 5.74) is 0.841. The molecule has 1 heterocycles. The van der Waals surface area contributed by atoms with Crippen molar-refractivity contribution in [2.75, 3.05) is 26.3 Å². The topological polar surface area (TPSA) is 67.6 Å². The van der Waals surface area contributed by atoms with Gasteiger partial charge in [-0.15, -0.1) is 0 Å². The molecule has 0 atom stereocenters. The molecule has 0 aliphatic carbocycles. The number of unbranched alkanes of at least 4 members (excludes halogenated alkanes) is 9. The fourth-order valence-corrected chi connectivity index (χ4v) is 3.98. The monoisotopic (exact) mass is 438 g/mol. The number of carbonyl (C=O) groups is 2. The normalized spacial score (nSPS) is 16.5. The molecule has 6 nitrogen and oxygen atoms in total. The lowest BCUT2D eigenvalue weighted by Crippen LogP contribution is -2.28. The van der Waals surface area contributed by atoms with Gasteiger partial charge in [0.1, 0.15) is 6.61 Å². The van der Waals surface area contributed by atoms with Crippen LogP contribution in [0.5, 0.6) is 0 Å². The molecular weight excluding hydrogens is 392 g/mol. The minimum Gasteiger partial charge on any atom is -0.462 e. The van der Waals surface area contributed by atoms with Crippen molar-refractivity contribution in [3.8, 4) is 0 Å². The number of amides is 1. The van der Waals surface area contributed by atoms with Gasteiger partial charge in [0.25, 0.3) is 0 Å². The molecule has 180 valence electrons. The zero-order chi connectivity index (χ0) is 23.3. The van der Waals surface area contributed by atoms with Crippen LogP contribution in [0.15, 0.2) is 12.2 Å². The van der Waals surface area contributed by atoms with E-state index in [0.29, 0.717) is 25.3 Å². The number of hydrogen-bond acceptors (Lipinski definition) is 5. The predicted molar refractivity (Wildman–Crippen MR) is 126 cm³/mol. The average molecular weight is 439 g/mol. The van der Waals surface area contributed by atoms with E-state index in [1.165, 1.54) is 38.5 Å². The van der Waals surface area contributed by atoms with Gasteiger partial charge in [-0.1, -0.05) is 57.9 Å². The Bertz CT molecular complexity index is 558. The van der Waals surface area contributed by atoms with Crippen LogP contribution in [0.2, 0.25) is 0 Å². The van der Waals surface area contributed by atoms with Crippen molar-refractivity contribution in [2.45, 2.75) is 110 Å². The molecule has 1 amide bonds. The number of ether oxygens (including phenoxy) is 2. The Balaban J connectivity index is 1.80. The highest BCUT2D eigenvalue weighted by Crippen LogP contribution is 2.50. The van der Waals surface area contributed by atoms with Crippen molar-refractivity contribution in [1.82, 2.24) is 10.2 Å². The molecule has 1 rings (SSSR count). The molecule has 1 aliphatic heterocycles. The van der Waals surface area contributed by atoms with Crippen LogP contribution in [-0.2, 0) is 14.3 Å². The Labute approximate surface area is 190 Å². The maximum absolute atomic E-state index is 11.8. The molecule has 0 aromatic rings. The van der Waals surface area contributed by atoms with E-state index in [0.717, 1.165) is 32.2 Å². The van der Waals surface area contributed by atoms with Gasteiger partial charge in [0.05, 0.1) is 6.61 Å². The zero-order valence-corrected chi connectivity index (χ0v) is 20.7. The van der Waals surface area contributed by atoms with Crippen LogP contribution in [0.3, 0.4) is 0 Å². The minimum absolute atomic E-state index is 0.188. The van der Waals surface area contributed by atoms with Gasteiger partial charge in [0.2, 0.25) is 0 Å². The fraction of sp³-hybridized carbons (Fsp3) is 0.840. The van der Waals surface area contributed by atoms with Crippen molar-refractivity contribution in [2.24, 2.45) is 0 Å². The molecule has 31 heavy (non-hydrogen) atoms. The molecule has 1 fully saturated rings. The first-order valence-electron chi connectivity index (χ1n) is 12.1. The number of esters is 1. The smallest absolute Gasteiger partial charge is 0.407 e. The first-order chi connectivity index (χ1) is 14.6. The highest BCUT2D eigenvalue weighted by molar-refractivity contribution is 5.86. The Kier molecular flexibility index (Phi) is 12.2.